The second-order valence-electron chi connectivity index (χ2n) is 5.77. The largest absolute Gasteiger partial charge is 2.00 e. The maximum absolute atomic E-state index is 12.2. The van der Waals surface area contributed by atoms with Crippen LogP contribution < -0.4 is 11.0 Å². The monoisotopic (exact) mass is 1570 g/mol. The zero-order valence-corrected chi connectivity index (χ0v) is 40.0. The van der Waals surface area contributed by atoms with Crippen molar-refractivity contribution in [3.05, 3.63) is 71.6 Å². The van der Waals surface area contributed by atoms with E-state index in [1.54, 1.807) is 43.3 Å². The van der Waals surface area contributed by atoms with Gasteiger partial charge in [0.15, 0.2) is 0 Å². The minimum absolute atomic E-state index is 0. The Bertz CT molecular complexity index is 1060. The van der Waals surface area contributed by atoms with E-state index in [0.717, 1.165) is 0 Å². The predicted molar refractivity (Wildman–Crippen MR) is 127 cm³/mol. The Morgan fingerprint density at radius 3 is 2.33 bits per heavy atom. The molecule has 2 rings (SSSR count). The van der Waals surface area contributed by atoms with Gasteiger partial charge in [0.2, 0.25) is 5.69 Å². The van der Waals surface area contributed by atoms with E-state index in [9.17, 15) is 23.3 Å². The van der Waals surface area contributed by atoms with E-state index in [1.807, 2.05) is 0 Å². The SMILES string of the molecule is O=C(Nc1ccn([CH-]CC(I)[CH-]CO[PH](=O)O[PH](=O)O[PH](=O)O)c(=O)n1)c1ccccc1.[U+2].[U].[U].[U]. The first-order chi connectivity index (χ1) is 15.2. The molecule has 20 heteroatoms. The number of aromatic nitrogens is 2. The van der Waals surface area contributed by atoms with Crippen LogP contribution in [0.5, 0.6) is 0 Å². The number of alkyl halides is 1. The van der Waals surface area contributed by atoms with Crippen LogP contribution in [0.2, 0.25) is 0 Å². The van der Waals surface area contributed by atoms with Crippen molar-refractivity contribution >= 4 is 59.1 Å². The zero-order valence-electron chi connectivity index (χ0n) is 18.2. The molecule has 2 N–H and O–H groups in total. The maximum Gasteiger partial charge on any atom is 2.00 e. The number of benzene rings is 1. The van der Waals surface area contributed by atoms with Crippen molar-refractivity contribution < 1.29 is 161 Å². The molecular weight excluding hydrogens is 1550 g/mol. The molecule has 36 heavy (non-hydrogen) atoms. The number of hydrogen-bond donors (Lipinski definition) is 2. The molecule has 2 aromatic rings. The van der Waals surface area contributed by atoms with Crippen LogP contribution in [0.1, 0.15) is 16.8 Å². The summed E-state index contributed by atoms with van der Waals surface area (Å²) in [6, 6.07) is 10.00. The molecule has 1 amide bonds. The molecule has 4 atom stereocenters. The number of carbonyl (C=O) groups is 1. The van der Waals surface area contributed by atoms with E-state index in [-0.39, 0.29) is 147 Å². The van der Waals surface area contributed by atoms with E-state index in [0.29, 0.717) is 12.0 Å². The summed E-state index contributed by atoms with van der Waals surface area (Å²) in [5.41, 5.74) is -0.143. The van der Waals surface area contributed by atoms with Crippen LogP contribution in [-0.4, -0.2) is 30.9 Å². The fourth-order valence-corrected chi connectivity index (χ4v) is 4.68. The average molecular weight is 1570 g/mol. The average Bonchev–Trinajstić information content (AvgIpc) is 2.73. The zero-order chi connectivity index (χ0) is 23.5. The number of halogens is 1. The molecule has 190 valence electrons. The van der Waals surface area contributed by atoms with Gasteiger partial charge in [-0.25, -0.2) is 13.6 Å². The molecule has 0 aliphatic heterocycles. The summed E-state index contributed by atoms with van der Waals surface area (Å²) in [6.45, 7) is 1.47. The number of anilines is 1. The van der Waals surface area contributed by atoms with Crippen LogP contribution in [-0.2, 0) is 26.8 Å². The van der Waals surface area contributed by atoms with Crippen molar-refractivity contribution in [1.82, 2.24) is 9.55 Å². The Labute approximate surface area is 318 Å². The summed E-state index contributed by atoms with van der Waals surface area (Å²) in [6.07, 6.45) is 3.49. The Morgan fingerprint density at radius 2 is 1.75 bits per heavy atom. The smallest absolute Gasteiger partial charge is 0.436 e. The topological polar surface area (TPSA) is 163 Å². The fraction of sp³-hybridized carbons (Fsp3) is 0.188. The second kappa shape index (κ2) is 24.5. The van der Waals surface area contributed by atoms with Crippen LogP contribution in [0.3, 0.4) is 0 Å². The molecule has 0 aliphatic rings. The molecule has 1 heterocycles. The molecule has 0 fully saturated rings. The third-order valence-electron chi connectivity index (χ3n) is 3.53. The number of nitrogens with zero attached hydrogens (tertiary/aromatic N) is 2. The molecule has 0 bridgehead atoms. The van der Waals surface area contributed by atoms with E-state index in [1.165, 1.54) is 16.8 Å². The quantitative estimate of drug-likeness (QED) is 0.132. The molecule has 4 unspecified atom stereocenters. The minimum Gasteiger partial charge on any atom is -0.436 e. The van der Waals surface area contributed by atoms with Gasteiger partial charge in [0.05, 0.1) is 0 Å². The first-order valence-electron chi connectivity index (χ1n) is 8.80. The van der Waals surface area contributed by atoms with Crippen LogP contribution in [0.25, 0.3) is 0 Å². The molecule has 0 saturated heterocycles. The summed E-state index contributed by atoms with van der Waals surface area (Å²) >= 11 is 2.06. The summed E-state index contributed by atoms with van der Waals surface area (Å²) < 4.78 is 47.2. The summed E-state index contributed by atoms with van der Waals surface area (Å²) in [5.74, 6) is -0.258. The van der Waals surface area contributed by atoms with Gasteiger partial charge in [0, 0.05) is 98.9 Å². The molecule has 0 radical (unpaired) electrons. The minimum atomic E-state index is -3.46. The van der Waals surface area contributed by atoms with Crippen LogP contribution >= 0.6 is 47.4 Å². The van der Waals surface area contributed by atoms with Gasteiger partial charge in [0.1, 0.15) is 5.82 Å². The van der Waals surface area contributed by atoms with Crippen LogP contribution in [0, 0.1) is 137 Å². The molecule has 1 aromatic heterocycles. The Kier molecular flexibility index (Phi) is 29.5. The first kappa shape index (κ1) is 43.4. The standard InChI is InChI=1S/C16H19IN3O9P3.4U/c17-13(8-11-27-31(25)29-32(26)28-30(23)24)6-9-20-10-7-14(19-16(20)22)18-15(21)12-4-2-1-3-5-12;;;;/h1-5,7-10,13,30-32H,6,11H2,(H,23,24)(H,18,19,21,22);;;;/q-2;;;;+2. The van der Waals surface area contributed by atoms with Crippen molar-refractivity contribution in [3.8, 4) is 0 Å². The summed E-state index contributed by atoms with van der Waals surface area (Å²) in [7, 11) is -9.98. The van der Waals surface area contributed by atoms with Gasteiger partial charge in [-0.3, -0.25) is 24.9 Å². The normalized spacial score (nSPS) is 13.2. The third-order valence-corrected chi connectivity index (χ3v) is 7.64. The Hall–Kier alpha value is 2.91. The van der Waals surface area contributed by atoms with E-state index < -0.39 is 30.5 Å². The van der Waals surface area contributed by atoms with E-state index in [2.05, 4.69) is 41.5 Å². The van der Waals surface area contributed by atoms with Crippen molar-refractivity contribution in [2.24, 2.45) is 0 Å². The Balaban J connectivity index is -0.00000272. The maximum atomic E-state index is 12.2. The van der Waals surface area contributed by atoms with Crippen molar-refractivity contribution in [3.63, 3.8) is 0 Å². The van der Waals surface area contributed by atoms with Gasteiger partial charge in [0.25, 0.3) is 5.91 Å². The number of hydrogen-bond acceptors (Lipinski definition) is 9. The van der Waals surface area contributed by atoms with Gasteiger partial charge in [-0.05, 0) is 12.1 Å². The fourth-order valence-electron chi connectivity index (χ4n) is 2.12. The Morgan fingerprint density at radius 1 is 1.11 bits per heavy atom. The van der Waals surface area contributed by atoms with Gasteiger partial charge < -0.3 is 24.1 Å². The molecule has 0 saturated carbocycles. The molecule has 1 aromatic carbocycles. The van der Waals surface area contributed by atoms with Crippen molar-refractivity contribution in [1.29, 1.82) is 0 Å². The summed E-state index contributed by atoms with van der Waals surface area (Å²) in [4.78, 5) is 36.5. The number of carbonyl (C=O) groups excluding carboxylic acids is 1. The van der Waals surface area contributed by atoms with Crippen molar-refractivity contribution in [2.75, 3.05) is 11.9 Å². The number of amides is 1. The predicted octanol–water partition coefficient (Wildman–Crippen LogP) is 3.11. The van der Waals surface area contributed by atoms with Gasteiger partial charge in [-0.2, -0.15) is 0 Å². The molecule has 0 spiro atoms. The molecule has 12 nitrogen and oxygen atoms in total. The molecule has 0 aliphatic carbocycles. The second-order valence-corrected chi connectivity index (χ2v) is 10.8. The van der Waals surface area contributed by atoms with E-state index >= 15 is 0 Å². The van der Waals surface area contributed by atoms with Crippen molar-refractivity contribution in [2.45, 2.75) is 10.3 Å². The summed E-state index contributed by atoms with van der Waals surface area (Å²) in [5, 5.41) is 2.55. The number of nitrogens with one attached hydrogen (secondary N) is 1. The third kappa shape index (κ3) is 18.4. The van der Waals surface area contributed by atoms with Gasteiger partial charge in [-0.15, -0.1) is 33.1 Å². The van der Waals surface area contributed by atoms with Gasteiger partial charge in [-0.1, -0.05) is 43.5 Å². The first-order valence-corrected chi connectivity index (χ1v) is 13.8. The number of rotatable bonds is 13. The van der Waals surface area contributed by atoms with E-state index in [4.69, 9.17) is 9.42 Å². The molecular formula is C16H19IN3O9P3U4. The van der Waals surface area contributed by atoms with Crippen LogP contribution in [0.15, 0.2) is 47.4 Å². The van der Waals surface area contributed by atoms with Gasteiger partial charge >= 0.3 is 55.9 Å². The van der Waals surface area contributed by atoms with Crippen LogP contribution in [0.4, 0.5) is 5.82 Å².